The molecular weight excluding hydrogens is 440 g/mol. The van der Waals surface area contributed by atoms with E-state index in [0.29, 0.717) is 52.1 Å². The minimum atomic E-state index is -0.584. The van der Waals surface area contributed by atoms with E-state index in [0.717, 1.165) is 0 Å². The average Bonchev–Trinajstić information content (AvgIpc) is 2.64. The van der Waals surface area contributed by atoms with Crippen LogP contribution in [0, 0.1) is 11.8 Å². The number of Topliss-reactive ketones (excluding diaryl/α,β-unsaturated/α-hetero) is 2. The molecule has 0 aliphatic carbocycles. The molecule has 0 aromatic carbocycles. The fourth-order valence-electron chi connectivity index (χ4n) is 3.26. The van der Waals surface area contributed by atoms with Crippen molar-refractivity contribution in [2.24, 2.45) is 11.8 Å². The molecule has 0 spiro atoms. The van der Waals surface area contributed by atoms with Gasteiger partial charge < -0.3 is 28.5 Å². The van der Waals surface area contributed by atoms with Crippen LogP contribution < -0.4 is 0 Å². The molecule has 0 bridgehead atoms. The second-order valence-electron chi connectivity index (χ2n) is 10.8. The molecule has 0 saturated carbocycles. The minimum Gasteiger partial charge on any atom is -0.460 e. The maximum atomic E-state index is 12.3. The van der Waals surface area contributed by atoms with Gasteiger partial charge in [0.2, 0.25) is 0 Å². The number of ether oxygens (including phenoxy) is 4. The van der Waals surface area contributed by atoms with E-state index in [1.807, 2.05) is 0 Å². The van der Waals surface area contributed by atoms with Crippen LogP contribution in [0.3, 0.4) is 0 Å². The van der Waals surface area contributed by atoms with E-state index < -0.39 is 23.0 Å². The van der Waals surface area contributed by atoms with Gasteiger partial charge in [0, 0.05) is 26.1 Å². The molecule has 0 aromatic heterocycles. The van der Waals surface area contributed by atoms with Crippen molar-refractivity contribution in [1.82, 2.24) is 0 Å². The zero-order valence-electron chi connectivity index (χ0n) is 22.5. The largest absolute Gasteiger partial charge is 0.460 e. The molecule has 0 rings (SSSR count). The van der Waals surface area contributed by atoms with Gasteiger partial charge in [-0.1, -0.05) is 0 Å². The summed E-state index contributed by atoms with van der Waals surface area (Å²) < 4.78 is 21.9. The van der Waals surface area contributed by atoms with E-state index in [1.54, 1.807) is 41.5 Å². The molecule has 0 N–H and O–H groups in total. The van der Waals surface area contributed by atoms with Crippen LogP contribution in [-0.2, 0) is 38.1 Å². The van der Waals surface area contributed by atoms with Crippen molar-refractivity contribution in [1.29, 1.82) is 0 Å². The second-order valence-corrected chi connectivity index (χ2v) is 10.8. The van der Waals surface area contributed by atoms with Gasteiger partial charge in [0.1, 0.15) is 22.8 Å². The van der Waals surface area contributed by atoms with Crippen molar-refractivity contribution in [2.75, 3.05) is 26.4 Å². The Morgan fingerprint density at radius 3 is 1.18 bits per heavy atom. The van der Waals surface area contributed by atoms with E-state index in [4.69, 9.17) is 18.9 Å². The van der Waals surface area contributed by atoms with Crippen molar-refractivity contribution < 1.29 is 38.1 Å². The summed E-state index contributed by atoms with van der Waals surface area (Å²) in [5.41, 5.74) is -1.17. The van der Waals surface area contributed by atoms with Gasteiger partial charge in [0.25, 0.3) is 0 Å². The minimum absolute atomic E-state index is 0.0395. The van der Waals surface area contributed by atoms with Crippen LogP contribution >= 0.6 is 0 Å². The first-order chi connectivity index (χ1) is 15.6. The molecule has 0 fully saturated rings. The third-order valence-electron chi connectivity index (χ3n) is 4.60. The van der Waals surface area contributed by atoms with E-state index in [1.165, 1.54) is 13.8 Å². The van der Waals surface area contributed by atoms with E-state index in [9.17, 15) is 19.2 Å². The van der Waals surface area contributed by atoms with Gasteiger partial charge in [-0.2, -0.15) is 0 Å². The van der Waals surface area contributed by atoms with Crippen LogP contribution in [0.15, 0.2) is 0 Å². The number of hydrogen-bond donors (Lipinski definition) is 0. The number of carbonyl (C=O) groups is 4. The number of ketones is 2. The monoisotopic (exact) mass is 486 g/mol. The van der Waals surface area contributed by atoms with Crippen LogP contribution in [0.5, 0.6) is 0 Å². The Kier molecular flexibility index (Phi) is 15.1. The van der Waals surface area contributed by atoms with Crippen molar-refractivity contribution in [3.63, 3.8) is 0 Å². The maximum Gasteiger partial charge on any atom is 0.309 e. The SMILES string of the molecule is CC(=O)C[C@@H](CCCOCCOCCC[C@H](CC(C)=O)C(=O)OC(C)(C)C)C(=O)OC(C)(C)C. The lowest BCUT2D eigenvalue weighted by molar-refractivity contribution is -0.162. The highest BCUT2D eigenvalue weighted by Crippen LogP contribution is 2.20. The summed E-state index contributed by atoms with van der Waals surface area (Å²) in [7, 11) is 0. The molecule has 0 amide bonds. The Morgan fingerprint density at radius 2 is 0.912 bits per heavy atom. The number of esters is 2. The van der Waals surface area contributed by atoms with E-state index in [-0.39, 0.29) is 36.3 Å². The highest BCUT2D eigenvalue weighted by molar-refractivity contribution is 5.83. The summed E-state index contributed by atoms with van der Waals surface area (Å²) in [6.45, 7) is 15.5. The molecule has 2 atom stereocenters. The molecule has 0 heterocycles. The Balaban J connectivity index is 4.12. The molecule has 0 aliphatic rings. The first kappa shape index (κ1) is 32.2. The molecule has 0 saturated heterocycles. The van der Waals surface area contributed by atoms with E-state index in [2.05, 4.69) is 0 Å². The van der Waals surface area contributed by atoms with Gasteiger partial charge in [-0.3, -0.25) is 9.59 Å². The van der Waals surface area contributed by atoms with Gasteiger partial charge in [-0.25, -0.2) is 0 Å². The first-order valence-electron chi connectivity index (χ1n) is 12.2. The predicted molar refractivity (Wildman–Crippen MR) is 129 cm³/mol. The first-order valence-corrected chi connectivity index (χ1v) is 12.2. The van der Waals surface area contributed by atoms with Crippen LogP contribution in [0.25, 0.3) is 0 Å². The third kappa shape index (κ3) is 18.6. The average molecular weight is 487 g/mol. The summed E-state index contributed by atoms with van der Waals surface area (Å²) in [4.78, 5) is 47.5. The fourth-order valence-corrected chi connectivity index (χ4v) is 3.26. The van der Waals surface area contributed by atoms with Crippen LogP contribution in [0.1, 0.15) is 93.9 Å². The molecule has 0 aliphatic heterocycles. The fraction of sp³-hybridized carbons (Fsp3) is 0.846. The lowest BCUT2D eigenvalue weighted by Gasteiger charge is -2.23. The third-order valence-corrected chi connectivity index (χ3v) is 4.60. The maximum absolute atomic E-state index is 12.3. The molecule has 8 heteroatoms. The van der Waals surface area contributed by atoms with Crippen LogP contribution in [0.4, 0.5) is 0 Å². The number of carbonyl (C=O) groups excluding carboxylic acids is 4. The molecule has 8 nitrogen and oxygen atoms in total. The highest BCUT2D eigenvalue weighted by atomic mass is 16.6. The Hall–Kier alpha value is -1.80. The quantitative estimate of drug-likeness (QED) is 0.219. The summed E-state index contributed by atoms with van der Waals surface area (Å²) in [5.74, 6) is -1.68. The topological polar surface area (TPSA) is 105 Å². The Bertz CT molecular complexity index is 586. The van der Waals surface area contributed by atoms with Gasteiger partial charge in [-0.15, -0.1) is 0 Å². The van der Waals surface area contributed by atoms with Crippen molar-refractivity contribution >= 4 is 23.5 Å². The van der Waals surface area contributed by atoms with Gasteiger partial charge in [0.15, 0.2) is 0 Å². The predicted octanol–water partition coefficient (Wildman–Crippen LogP) is 4.45. The van der Waals surface area contributed by atoms with Crippen LogP contribution in [0.2, 0.25) is 0 Å². The normalized spacial score (nSPS) is 13.8. The number of hydrogen-bond acceptors (Lipinski definition) is 8. The standard InChI is InChI=1S/C26H46O8/c1-19(27)17-21(23(29)33-25(3,4)5)11-9-13-31-15-16-32-14-10-12-22(18-20(2)28)24(30)34-26(6,7)8/h21-22H,9-18H2,1-8H3/t21-,22-/m1/s1. The lowest BCUT2D eigenvalue weighted by atomic mass is 9.97. The molecule has 198 valence electrons. The van der Waals surface area contributed by atoms with Gasteiger partial charge >= 0.3 is 11.9 Å². The molecule has 0 unspecified atom stereocenters. The van der Waals surface area contributed by atoms with Crippen molar-refractivity contribution in [3.05, 3.63) is 0 Å². The summed E-state index contributed by atoms with van der Waals surface area (Å²) in [6, 6.07) is 0. The smallest absolute Gasteiger partial charge is 0.309 e. The molecule has 0 aromatic rings. The van der Waals surface area contributed by atoms with E-state index >= 15 is 0 Å². The van der Waals surface area contributed by atoms with Crippen LogP contribution in [-0.4, -0.2) is 61.1 Å². The molecule has 34 heavy (non-hydrogen) atoms. The summed E-state index contributed by atoms with van der Waals surface area (Å²) in [5, 5.41) is 0. The molecular formula is C26H46O8. The Morgan fingerprint density at radius 1 is 0.588 bits per heavy atom. The number of rotatable bonds is 17. The lowest BCUT2D eigenvalue weighted by Crippen LogP contribution is -2.30. The van der Waals surface area contributed by atoms with Crippen molar-refractivity contribution in [3.8, 4) is 0 Å². The summed E-state index contributed by atoms with van der Waals surface area (Å²) in [6.07, 6.45) is 2.67. The zero-order chi connectivity index (χ0) is 26.4. The van der Waals surface area contributed by atoms with Gasteiger partial charge in [0.05, 0.1) is 25.0 Å². The zero-order valence-corrected chi connectivity index (χ0v) is 22.5. The van der Waals surface area contributed by atoms with Crippen molar-refractivity contribution in [2.45, 2.75) is 105 Å². The summed E-state index contributed by atoms with van der Waals surface area (Å²) >= 11 is 0. The molecule has 0 radical (unpaired) electrons. The second kappa shape index (κ2) is 16.0. The Labute approximate surface area is 205 Å². The highest BCUT2D eigenvalue weighted by Gasteiger charge is 2.27. The van der Waals surface area contributed by atoms with Gasteiger partial charge in [-0.05, 0) is 81.1 Å².